The van der Waals surface area contributed by atoms with Crippen molar-refractivity contribution in [2.75, 3.05) is 26.4 Å². The van der Waals surface area contributed by atoms with Gasteiger partial charge >= 0.3 is 0 Å². The van der Waals surface area contributed by atoms with Crippen LogP contribution in [0.1, 0.15) is 32.3 Å². The van der Waals surface area contributed by atoms with E-state index in [-0.39, 0.29) is 13.2 Å². The first-order valence-corrected chi connectivity index (χ1v) is 9.36. The van der Waals surface area contributed by atoms with Crippen LogP contribution in [0.4, 0.5) is 0 Å². The Bertz CT molecular complexity index is 635. The molecular formula is C18H27N3O7. The lowest BCUT2D eigenvalue weighted by molar-refractivity contribution is -0.772. The van der Waals surface area contributed by atoms with Crippen molar-refractivity contribution in [1.29, 1.82) is 0 Å². The van der Waals surface area contributed by atoms with E-state index in [0.29, 0.717) is 12.4 Å². The lowest BCUT2D eigenvalue weighted by Crippen LogP contribution is -2.44. The summed E-state index contributed by atoms with van der Waals surface area (Å²) in [7, 11) is 0. The maximum atomic E-state index is 11.1. The van der Waals surface area contributed by atoms with Gasteiger partial charge in [0.1, 0.15) is 18.9 Å². The van der Waals surface area contributed by atoms with E-state index in [9.17, 15) is 20.2 Å². The van der Waals surface area contributed by atoms with Crippen LogP contribution in [0, 0.1) is 26.1 Å². The zero-order chi connectivity index (χ0) is 20.5. The van der Waals surface area contributed by atoms with Crippen LogP contribution in [0.5, 0.6) is 5.75 Å². The molecule has 1 atom stereocenters. The number of benzene rings is 1. The zero-order valence-corrected chi connectivity index (χ0v) is 16.2. The Morgan fingerprint density at radius 1 is 1.18 bits per heavy atom. The molecule has 1 unspecified atom stereocenters. The minimum atomic E-state index is -1.08. The smallest absolute Gasteiger partial charge is 0.294 e. The predicted octanol–water partition coefficient (Wildman–Crippen LogP) is 2.51. The van der Waals surface area contributed by atoms with E-state index in [0.717, 1.165) is 29.5 Å². The predicted molar refractivity (Wildman–Crippen MR) is 99.9 cm³/mol. The highest BCUT2D eigenvalue weighted by molar-refractivity contribution is 5.27. The van der Waals surface area contributed by atoms with Crippen molar-refractivity contribution in [2.24, 2.45) is 5.92 Å². The largest absolute Gasteiger partial charge is 0.491 e. The Kier molecular flexibility index (Phi) is 8.24. The van der Waals surface area contributed by atoms with E-state index >= 15 is 0 Å². The molecule has 1 fully saturated rings. The molecule has 0 spiro atoms. The molecule has 1 aromatic rings. The van der Waals surface area contributed by atoms with Gasteiger partial charge in [-0.05, 0) is 56.7 Å². The fraction of sp³-hybridized carbons (Fsp3) is 0.667. The van der Waals surface area contributed by atoms with E-state index in [1.54, 1.807) is 26.0 Å². The Balaban J connectivity index is 1.81. The number of hydrogen-bond donors (Lipinski definition) is 0. The molecule has 0 heterocycles. The summed E-state index contributed by atoms with van der Waals surface area (Å²) in [4.78, 5) is 26.3. The number of nitro groups is 1. The summed E-state index contributed by atoms with van der Waals surface area (Å²) in [6.07, 6.45) is 2.25. The zero-order valence-electron chi connectivity index (χ0n) is 16.2. The monoisotopic (exact) mass is 397 g/mol. The Morgan fingerprint density at radius 3 is 2.39 bits per heavy atom. The van der Waals surface area contributed by atoms with Crippen molar-refractivity contribution in [3.05, 3.63) is 50.1 Å². The Labute approximate surface area is 163 Å². The summed E-state index contributed by atoms with van der Waals surface area (Å²) in [6, 6.07) is 6.88. The summed E-state index contributed by atoms with van der Waals surface area (Å²) in [5.41, 5.74) is 1.10. The fourth-order valence-corrected chi connectivity index (χ4v) is 2.58. The van der Waals surface area contributed by atoms with Gasteiger partial charge in [-0.3, -0.25) is 0 Å². The molecule has 10 nitrogen and oxygen atoms in total. The second-order valence-corrected chi connectivity index (χ2v) is 7.13. The van der Waals surface area contributed by atoms with Gasteiger partial charge in [-0.2, -0.15) is 0 Å². The van der Waals surface area contributed by atoms with E-state index in [2.05, 4.69) is 4.84 Å². The highest BCUT2D eigenvalue weighted by Crippen LogP contribution is 2.28. The highest BCUT2D eigenvalue weighted by atomic mass is 17.0. The first kappa shape index (κ1) is 21.7. The van der Waals surface area contributed by atoms with E-state index in [1.165, 1.54) is 12.8 Å². The molecule has 156 valence electrons. The van der Waals surface area contributed by atoms with Gasteiger partial charge in [-0.1, -0.05) is 12.1 Å². The van der Waals surface area contributed by atoms with Gasteiger partial charge in [-0.25, -0.2) is 10.1 Å². The van der Waals surface area contributed by atoms with E-state index in [4.69, 9.17) is 9.47 Å². The number of hydrogen-bond acceptors (Lipinski definition) is 7. The van der Waals surface area contributed by atoms with Gasteiger partial charge in [0.15, 0.2) is 11.1 Å². The third kappa shape index (κ3) is 7.95. The van der Waals surface area contributed by atoms with Crippen LogP contribution in [-0.2, 0) is 16.0 Å². The van der Waals surface area contributed by atoms with Gasteiger partial charge in [-0.15, -0.1) is 15.1 Å². The Morgan fingerprint density at radius 2 is 1.86 bits per heavy atom. The van der Waals surface area contributed by atoms with Crippen molar-refractivity contribution in [3.63, 3.8) is 0 Å². The third-order valence-corrected chi connectivity index (χ3v) is 4.38. The molecule has 0 aromatic heterocycles. The highest BCUT2D eigenvalue weighted by Gasteiger charge is 2.27. The second-order valence-electron chi connectivity index (χ2n) is 7.13. The minimum Gasteiger partial charge on any atom is -0.491 e. The van der Waals surface area contributed by atoms with Crippen LogP contribution in [0.25, 0.3) is 0 Å². The average Bonchev–Trinajstić information content (AvgIpc) is 3.45. The average molecular weight is 397 g/mol. The van der Waals surface area contributed by atoms with Crippen molar-refractivity contribution in [1.82, 2.24) is 5.01 Å². The van der Waals surface area contributed by atoms with Gasteiger partial charge in [0.25, 0.3) is 5.09 Å². The molecule has 1 aromatic carbocycles. The minimum absolute atomic E-state index is 0.179. The molecule has 0 aliphatic heterocycles. The van der Waals surface area contributed by atoms with Crippen LogP contribution in [0.2, 0.25) is 0 Å². The summed E-state index contributed by atoms with van der Waals surface area (Å²) in [6.45, 7) is 4.31. The van der Waals surface area contributed by atoms with E-state index in [1.807, 2.05) is 12.1 Å². The molecule has 1 saturated carbocycles. The summed E-state index contributed by atoms with van der Waals surface area (Å²) in [5.74, 6) is 1.25. The van der Waals surface area contributed by atoms with E-state index < -0.39 is 22.3 Å². The van der Waals surface area contributed by atoms with Crippen LogP contribution in [0.15, 0.2) is 24.3 Å². The maximum absolute atomic E-state index is 11.1. The number of rotatable bonds is 14. The van der Waals surface area contributed by atoms with Crippen molar-refractivity contribution >= 4 is 0 Å². The second kappa shape index (κ2) is 10.6. The van der Waals surface area contributed by atoms with Crippen LogP contribution in [-0.4, -0.2) is 53.6 Å². The topological polar surface area (TPSA) is 117 Å². The molecule has 10 heteroatoms. The summed E-state index contributed by atoms with van der Waals surface area (Å²) >= 11 is 0. The van der Waals surface area contributed by atoms with Crippen LogP contribution >= 0.6 is 0 Å². The molecule has 1 aliphatic carbocycles. The number of ether oxygens (including phenoxy) is 2. The summed E-state index contributed by atoms with van der Waals surface area (Å²) < 4.78 is 11.2. The molecule has 0 N–H and O–H groups in total. The Hall–Kier alpha value is -2.62. The quantitative estimate of drug-likeness (QED) is 0.267. The standard InChI is InChI=1S/C18H27N3O7/c1-14(2)19(20(22)23)11-18(28-21(24)25)13-27-17-7-5-15(6-8-17)9-10-26-12-16-3-4-16/h5-8,14,16,18H,3-4,9-13H2,1-2H3. The molecule has 0 bridgehead atoms. The molecule has 1 aliphatic rings. The number of hydrazine groups is 1. The molecule has 0 saturated heterocycles. The van der Waals surface area contributed by atoms with Crippen LogP contribution < -0.4 is 4.74 Å². The van der Waals surface area contributed by atoms with Crippen molar-refractivity contribution < 1.29 is 24.4 Å². The number of nitrogens with zero attached hydrogens (tertiary/aromatic N) is 3. The third-order valence-electron chi connectivity index (χ3n) is 4.38. The SMILES string of the molecule is CC(C)N(CC(COc1ccc(CCOCC2CC2)cc1)O[N+](=O)[O-])[N+](=O)[O-]. The fourth-order valence-electron chi connectivity index (χ4n) is 2.58. The van der Waals surface area contributed by atoms with Crippen LogP contribution in [0.3, 0.4) is 0 Å². The van der Waals surface area contributed by atoms with Gasteiger partial charge < -0.3 is 14.3 Å². The molecule has 0 radical (unpaired) electrons. The lowest BCUT2D eigenvalue weighted by atomic mass is 10.1. The first-order valence-electron chi connectivity index (χ1n) is 9.36. The van der Waals surface area contributed by atoms with Crippen molar-refractivity contribution in [2.45, 2.75) is 45.3 Å². The molecule has 0 amide bonds. The first-order chi connectivity index (χ1) is 13.3. The maximum Gasteiger partial charge on any atom is 0.294 e. The summed E-state index contributed by atoms with van der Waals surface area (Å²) in [5, 5.41) is 21.1. The van der Waals surface area contributed by atoms with Gasteiger partial charge in [0.2, 0.25) is 0 Å². The van der Waals surface area contributed by atoms with Crippen molar-refractivity contribution in [3.8, 4) is 5.75 Å². The normalized spacial score (nSPS) is 14.5. The lowest BCUT2D eigenvalue weighted by Gasteiger charge is -2.22. The van der Waals surface area contributed by atoms with Gasteiger partial charge in [0, 0.05) is 6.61 Å². The molecular weight excluding hydrogens is 370 g/mol. The van der Waals surface area contributed by atoms with Gasteiger partial charge in [0.05, 0.1) is 12.6 Å². The molecule has 2 rings (SSSR count). The molecule has 28 heavy (non-hydrogen) atoms.